The SMILES string of the molecule is COCCN1CCC(CN(C/C=C/c2ccccc2)CC2CCCO2)CC1. The molecule has 1 unspecified atom stereocenters. The molecule has 0 bridgehead atoms. The minimum Gasteiger partial charge on any atom is -0.383 e. The van der Waals surface area contributed by atoms with Gasteiger partial charge in [0.2, 0.25) is 0 Å². The molecule has 0 radical (unpaired) electrons. The van der Waals surface area contributed by atoms with E-state index in [0.29, 0.717) is 6.10 Å². The highest BCUT2D eigenvalue weighted by Crippen LogP contribution is 2.20. The Bertz CT molecular complexity index is 535. The smallest absolute Gasteiger partial charge is 0.0702 e. The van der Waals surface area contributed by atoms with E-state index in [-0.39, 0.29) is 0 Å². The first-order chi connectivity index (χ1) is 13.3. The van der Waals surface area contributed by atoms with Gasteiger partial charge in [0.25, 0.3) is 0 Å². The normalized spacial score (nSPS) is 22.2. The topological polar surface area (TPSA) is 24.9 Å². The summed E-state index contributed by atoms with van der Waals surface area (Å²) in [7, 11) is 1.79. The molecule has 0 spiro atoms. The van der Waals surface area contributed by atoms with Gasteiger partial charge in [-0.1, -0.05) is 42.5 Å². The summed E-state index contributed by atoms with van der Waals surface area (Å²) in [6, 6.07) is 10.6. The molecule has 150 valence electrons. The van der Waals surface area contributed by atoms with Crippen LogP contribution in [0, 0.1) is 5.92 Å². The van der Waals surface area contributed by atoms with Crippen LogP contribution in [0.1, 0.15) is 31.2 Å². The second-order valence-corrected chi connectivity index (χ2v) is 7.94. The highest BCUT2D eigenvalue weighted by molar-refractivity contribution is 5.48. The first-order valence-corrected chi connectivity index (χ1v) is 10.6. The molecule has 0 N–H and O–H groups in total. The van der Waals surface area contributed by atoms with E-state index in [1.54, 1.807) is 7.11 Å². The van der Waals surface area contributed by atoms with Gasteiger partial charge in [-0.25, -0.2) is 0 Å². The van der Waals surface area contributed by atoms with E-state index in [1.807, 2.05) is 0 Å². The molecule has 2 aliphatic rings. The van der Waals surface area contributed by atoms with Crippen LogP contribution in [0.5, 0.6) is 0 Å². The van der Waals surface area contributed by atoms with E-state index >= 15 is 0 Å². The van der Waals surface area contributed by atoms with Crippen LogP contribution in [0.15, 0.2) is 36.4 Å². The van der Waals surface area contributed by atoms with Crippen LogP contribution in [0.3, 0.4) is 0 Å². The van der Waals surface area contributed by atoms with Gasteiger partial charge in [0.15, 0.2) is 0 Å². The van der Waals surface area contributed by atoms with Crippen molar-refractivity contribution in [2.45, 2.75) is 31.8 Å². The second-order valence-electron chi connectivity index (χ2n) is 7.94. The fourth-order valence-corrected chi connectivity index (χ4v) is 4.18. The first kappa shape index (κ1) is 20.5. The Morgan fingerprint density at radius 2 is 1.96 bits per heavy atom. The van der Waals surface area contributed by atoms with Crippen LogP contribution in [-0.2, 0) is 9.47 Å². The van der Waals surface area contributed by atoms with Crippen molar-refractivity contribution in [2.75, 3.05) is 59.6 Å². The zero-order valence-electron chi connectivity index (χ0n) is 16.9. The molecule has 2 heterocycles. The summed E-state index contributed by atoms with van der Waals surface area (Å²) in [4.78, 5) is 5.16. The maximum absolute atomic E-state index is 5.91. The molecule has 0 saturated carbocycles. The highest BCUT2D eigenvalue weighted by atomic mass is 16.5. The molecule has 2 aliphatic heterocycles. The summed E-state index contributed by atoms with van der Waals surface area (Å²) in [6.07, 6.45) is 10.0. The maximum atomic E-state index is 5.91. The second kappa shape index (κ2) is 11.6. The molecule has 4 heteroatoms. The molecule has 2 fully saturated rings. The van der Waals surface area contributed by atoms with Gasteiger partial charge >= 0.3 is 0 Å². The molecule has 0 aromatic heterocycles. The maximum Gasteiger partial charge on any atom is 0.0702 e. The Balaban J connectivity index is 1.48. The summed E-state index contributed by atoms with van der Waals surface area (Å²) in [6.45, 7) is 8.56. The molecule has 4 nitrogen and oxygen atoms in total. The van der Waals surface area contributed by atoms with Crippen molar-refractivity contribution in [3.05, 3.63) is 42.0 Å². The zero-order valence-corrected chi connectivity index (χ0v) is 16.9. The Labute approximate surface area is 165 Å². The molecular weight excluding hydrogens is 336 g/mol. The number of nitrogens with zero attached hydrogens (tertiary/aromatic N) is 2. The third kappa shape index (κ3) is 7.38. The fourth-order valence-electron chi connectivity index (χ4n) is 4.18. The van der Waals surface area contributed by atoms with Crippen LogP contribution in [0.25, 0.3) is 6.08 Å². The van der Waals surface area contributed by atoms with Crippen LogP contribution < -0.4 is 0 Å². The van der Waals surface area contributed by atoms with Crippen molar-refractivity contribution in [2.24, 2.45) is 5.92 Å². The predicted octanol–water partition coefficient (Wildman–Crippen LogP) is 3.54. The van der Waals surface area contributed by atoms with Crippen LogP contribution >= 0.6 is 0 Å². The van der Waals surface area contributed by atoms with Gasteiger partial charge in [-0.05, 0) is 50.3 Å². The number of likely N-dealkylation sites (tertiary alicyclic amines) is 1. The Hall–Kier alpha value is -1.20. The molecular formula is C23H36N2O2. The Morgan fingerprint density at radius 1 is 1.15 bits per heavy atom. The van der Waals surface area contributed by atoms with Gasteiger partial charge in [0, 0.05) is 39.9 Å². The summed E-state index contributed by atoms with van der Waals surface area (Å²) in [5.41, 5.74) is 1.28. The molecule has 0 aliphatic carbocycles. The number of methoxy groups -OCH3 is 1. The third-order valence-corrected chi connectivity index (χ3v) is 5.79. The zero-order chi connectivity index (χ0) is 18.7. The molecule has 3 rings (SSSR count). The fraction of sp³-hybridized carbons (Fsp3) is 0.652. The number of hydrogen-bond donors (Lipinski definition) is 0. The minimum atomic E-state index is 0.428. The Morgan fingerprint density at radius 3 is 2.67 bits per heavy atom. The quantitative estimate of drug-likeness (QED) is 0.627. The average Bonchev–Trinajstić information content (AvgIpc) is 3.21. The lowest BCUT2D eigenvalue weighted by Crippen LogP contribution is -2.41. The summed E-state index contributed by atoms with van der Waals surface area (Å²) >= 11 is 0. The monoisotopic (exact) mass is 372 g/mol. The van der Waals surface area contributed by atoms with Crippen molar-refractivity contribution in [1.82, 2.24) is 9.80 Å². The van der Waals surface area contributed by atoms with Crippen molar-refractivity contribution >= 4 is 6.08 Å². The number of hydrogen-bond acceptors (Lipinski definition) is 4. The van der Waals surface area contributed by atoms with Crippen molar-refractivity contribution in [3.63, 3.8) is 0 Å². The van der Waals surface area contributed by atoms with E-state index < -0.39 is 0 Å². The molecule has 1 aromatic rings. The lowest BCUT2D eigenvalue weighted by molar-refractivity contribution is 0.0625. The van der Waals surface area contributed by atoms with E-state index in [2.05, 4.69) is 52.3 Å². The highest BCUT2D eigenvalue weighted by Gasteiger charge is 2.24. The molecule has 0 amide bonds. The van der Waals surface area contributed by atoms with Gasteiger partial charge in [-0.15, -0.1) is 0 Å². The molecule has 1 atom stereocenters. The van der Waals surface area contributed by atoms with Gasteiger partial charge in [-0.3, -0.25) is 4.90 Å². The van der Waals surface area contributed by atoms with Gasteiger partial charge in [-0.2, -0.15) is 0 Å². The van der Waals surface area contributed by atoms with Crippen molar-refractivity contribution in [1.29, 1.82) is 0 Å². The Kier molecular flexibility index (Phi) is 8.82. The molecule has 1 aromatic carbocycles. The predicted molar refractivity (Wildman–Crippen MR) is 112 cm³/mol. The standard InChI is InChI=1S/C23H36N2O2/c1-26-18-16-24-14-11-22(12-15-24)19-25(20-23-10-6-17-27-23)13-5-9-21-7-3-2-4-8-21/h2-5,7-9,22-23H,6,10-20H2,1H3/b9-5+. The molecule has 2 saturated heterocycles. The van der Waals surface area contributed by atoms with E-state index in [1.165, 1.54) is 50.9 Å². The van der Waals surface area contributed by atoms with Crippen LogP contribution in [0.2, 0.25) is 0 Å². The van der Waals surface area contributed by atoms with Crippen molar-refractivity contribution in [3.8, 4) is 0 Å². The van der Waals surface area contributed by atoms with Gasteiger partial charge in [0.1, 0.15) is 0 Å². The molecule has 27 heavy (non-hydrogen) atoms. The lowest BCUT2D eigenvalue weighted by Gasteiger charge is -2.35. The third-order valence-electron chi connectivity index (χ3n) is 5.79. The number of rotatable bonds is 10. The van der Waals surface area contributed by atoms with E-state index in [9.17, 15) is 0 Å². The van der Waals surface area contributed by atoms with Crippen LogP contribution in [0.4, 0.5) is 0 Å². The lowest BCUT2D eigenvalue weighted by atomic mass is 9.96. The summed E-state index contributed by atoms with van der Waals surface area (Å²) in [5, 5.41) is 0. The van der Waals surface area contributed by atoms with Gasteiger partial charge in [0.05, 0.1) is 12.7 Å². The van der Waals surface area contributed by atoms with Crippen LogP contribution in [-0.4, -0.2) is 75.5 Å². The summed E-state index contributed by atoms with van der Waals surface area (Å²) < 4.78 is 11.1. The van der Waals surface area contributed by atoms with Gasteiger partial charge < -0.3 is 14.4 Å². The average molecular weight is 373 g/mol. The first-order valence-electron chi connectivity index (χ1n) is 10.6. The number of piperidine rings is 1. The van der Waals surface area contributed by atoms with E-state index in [4.69, 9.17) is 9.47 Å². The van der Waals surface area contributed by atoms with Crippen molar-refractivity contribution < 1.29 is 9.47 Å². The number of ether oxygens (including phenoxy) is 2. The summed E-state index contributed by atoms with van der Waals surface area (Å²) in [5.74, 6) is 0.801. The van der Waals surface area contributed by atoms with E-state index in [0.717, 1.165) is 38.8 Å². The number of benzene rings is 1. The minimum absolute atomic E-state index is 0.428. The largest absolute Gasteiger partial charge is 0.383 e.